The van der Waals surface area contributed by atoms with E-state index in [0.717, 1.165) is 65.8 Å². The predicted octanol–water partition coefficient (Wildman–Crippen LogP) is 4.27. The third-order valence-electron chi connectivity index (χ3n) is 6.31. The second-order valence-electron chi connectivity index (χ2n) is 8.12. The number of likely N-dealkylation sites (tertiary alicyclic amines) is 1. The fourth-order valence-corrected chi connectivity index (χ4v) is 4.87. The van der Waals surface area contributed by atoms with E-state index in [0.29, 0.717) is 6.54 Å². The Bertz CT molecular complexity index is 1010. The molecule has 3 heterocycles. The van der Waals surface area contributed by atoms with Gasteiger partial charge in [-0.3, -0.25) is 14.7 Å². The Morgan fingerprint density at radius 1 is 1.07 bits per heavy atom. The standard InChI is InChI=1S/C24H27N3O2/c28-24(23-17-8-2-3-10-19(17)26-20-11-6-9-18(20)23)25-16-21(22-12-7-15-29-22)27-13-4-1-5-14-27/h2-3,7-8,10,12,15,21H,1,4-6,9,11,13-14,16H2,(H,25,28). The largest absolute Gasteiger partial charge is 0.468 e. The van der Waals surface area contributed by atoms with Crippen molar-refractivity contribution in [3.05, 3.63) is 65.2 Å². The number of pyridine rings is 1. The smallest absolute Gasteiger partial charge is 0.252 e. The summed E-state index contributed by atoms with van der Waals surface area (Å²) >= 11 is 0. The van der Waals surface area contributed by atoms with E-state index in [9.17, 15) is 4.79 Å². The van der Waals surface area contributed by atoms with Crippen molar-refractivity contribution in [3.8, 4) is 0 Å². The number of furan rings is 1. The number of nitrogens with one attached hydrogen (secondary N) is 1. The highest BCUT2D eigenvalue weighted by molar-refractivity contribution is 6.07. The number of nitrogens with zero attached hydrogens (tertiary/aromatic N) is 2. The number of benzene rings is 1. The Morgan fingerprint density at radius 2 is 1.93 bits per heavy atom. The summed E-state index contributed by atoms with van der Waals surface area (Å²) in [5, 5.41) is 4.19. The zero-order valence-electron chi connectivity index (χ0n) is 16.7. The summed E-state index contributed by atoms with van der Waals surface area (Å²) in [5.41, 5.74) is 3.96. The van der Waals surface area contributed by atoms with Crippen LogP contribution in [0.4, 0.5) is 0 Å². The predicted molar refractivity (Wildman–Crippen MR) is 113 cm³/mol. The number of para-hydroxylation sites is 1. The Labute approximate surface area is 171 Å². The highest BCUT2D eigenvalue weighted by atomic mass is 16.3. The quantitative estimate of drug-likeness (QED) is 0.708. The van der Waals surface area contributed by atoms with Crippen molar-refractivity contribution in [1.82, 2.24) is 15.2 Å². The average Bonchev–Trinajstić information content (AvgIpc) is 3.45. The molecule has 1 atom stereocenters. The number of carbonyl (C=O) groups is 1. The minimum atomic E-state index is 0.00955. The summed E-state index contributed by atoms with van der Waals surface area (Å²) in [4.78, 5) is 20.6. The Kier molecular flexibility index (Phi) is 5.06. The number of amides is 1. The number of fused-ring (bicyclic) bond motifs is 2. The van der Waals surface area contributed by atoms with Crippen molar-refractivity contribution in [2.45, 2.75) is 44.6 Å². The molecule has 0 spiro atoms. The van der Waals surface area contributed by atoms with Gasteiger partial charge in [0.2, 0.25) is 0 Å². The molecule has 5 heteroatoms. The summed E-state index contributed by atoms with van der Waals surface area (Å²) in [6.07, 6.45) is 8.37. The van der Waals surface area contributed by atoms with E-state index in [1.807, 2.05) is 36.4 Å². The minimum absolute atomic E-state index is 0.00955. The van der Waals surface area contributed by atoms with Crippen molar-refractivity contribution in [2.24, 2.45) is 0 Å². The van der Waals surface area contributed by atoms with Crippen LogP contribution in [0.5, 0.6) is 0 Å². The molecule has 2 aromatic heterocycles. The lowest BCUT2D eigenvalue weighted by atomic mass is 10.00. The Balaban J connectivity index is 1.43. The molecule has 0 bridgehead atoms. The zero-order chi connectivity index (χ0) is 19.6. The SMILES string of the molecule is O=C(NCC(c1ccco1)N1CCCCC1)c1c2c(nc3ccccc13)CCC2. The van der Waals surface area contributed by atoms with Gasteiger partial charge >= 0.3 is 0 Å². The lowest BCUT2D eigenvalue weighted by molar-refractivity contribution is 0.0915. The fourth-order valence-electron chi connectivity index (χ4n) is 4.87. The highest BCUT2D eigenvalue weighted by Crippen LogP contribution is 2.30. The first-order valence-electron chi connectivity index (χ1n) is 10.8. The molecule has 1 aliphatic heterocycles. The van der Waals surface area contributed by atoms with E-state index in [-0.39, 0.29) is 11.9 Å². The van der Waals surface area contributed by atoms with Gasteiger partial charge in [-0.1, -0.05) is 24.6 Å². The lowest BCUT2D eigenvalue weighted by Crippen LogP contribution is -2.40. The molecule has 1 unspecified atom stereocenters. The number of piperidine rings is 1. The number of hydrogen-bond donors (Lipinski definition) is 1. The van der Waals surface area contributed by atoms with E-state index < -0.39 is 0 Å². The maximum atomic E-state index is 13.4. The molecule has 3 aromatic rings. The third-order valence-corrected chi connectivity index (χ3v) is 6.31. The van der Waals surface area contributed by atoms with Crippen molar-refractivity contribution < 1.29 is 9.21 Å². The van der Waals surface area contributed by atoms with Gasteiger partial charge in [0.1, 0.15) is 5.76 Å². The van der Waals surface area contributed by atoms with Gasteiger partial charge in [0.05, 0.1) is 23.4 Å². The minimum Gasteiger partial charge on any atom is -0.468 e. The van der Waals surface area contributed by atoms with Gasteiger partial charge in [-0.15, -0.1) is 0 Å². The molecule has 5 nitrogen and oxygen atoms in total. The molecule has 1 saturated heterocycles. The summed E-state index contributed by atoms with van der Waals surface area (Å²) in [6.45, 7) is 2.65. The van der Waals surface area contributed by atoms with Crippen LogP contribution in [-0.2, 0) is 12.8 Å². The first-order valence-corrected chi connectivity index (χ1v) is 10.8. The van der Waals surface area contributed by atoms with Crippen molar-refractivity contribution in [1.29, 1.82) is 0 Å². The molecule has 0 saturated carbocycles. The van der Waals surface area contributed by atoms with Gasteiger partial charge < -0.3 is 9.73 Å². The molecule has 1 aliphatic carbocycles. The second kappa shape index (κ2) is 7.99. The van der Waals surface area contributed by atoms with Gasteiger partial charge in [0, 0.05) is 17.6 Å². The maximum Gasteiger partial charge on any atom is 0.252 e. The van der Waals surface area contributed by atoms with E-state index in [1.54, 1.807) is 6.26 Å². The van der Waals surface area contributed by atoms with Gasteiger partial charge in [-0.2, -0.15) is 0 Å². The maximum absolute atomic E-state index is 13.4. The van der Waals surface area contributed by atoms with Crippen LogP contribution in [0.3, 0.4) is 0 Å². The summed E-state index contributed by atoms with van der Waals surface area (Å²) < 4.78 is 5.73. The molecule has 150 valence electrons. The van der Waals surface area contributed by atoms with Gasteiger partial charge in [-0.05, 0) is 69.0 Å². The Morgan fingerprint density at radius 3 is 2.76 bits per heavy atom. The molecule has 1 N–H and O–H groups in total. The molecular weight excluding hydrogens is 362 g/mol. The van der Waals surface area contributed by atoms with E-state index >= 15 is 0 Å². The molecule has 2 aliphatic rings. The molecule has 1 fully saturated rings. The monoisotopic (exact) mass is 389 g/mol. The molecule has 5 rings (SSSR count). The molecule has 1 amide bonds. The highest BCUT2D eigenvalue weighted by Gasteiger charge is 2.27. The van der Waals surface area contributed by atoms with Crippen LogP contribution in [0.1, 0.15) is 59.1 Å². The van der Waals surface area contributed by atoms with E-state index in [4.69, 9.17) is 9.40 Å². The van der Waals surface area contributed by atoms with Gasteiger partial charge in [-0.25, -0.2) is 0 Å². The third kappa shape index (κ3) is 3.55. The second-order valence-corrected chi connectivity index (χ2v) is 8.12. The van der Waals surface area contributed by atoms with E-state index in [1.165, 1.54) is 19.3 Å². The lowest BCUT2D eigenvalue weighted by Gasteiger charge is -2.33. The summed E-state index contributed by atoms with van der Waals surface area (Å²) in [5.74, 6) is 0.937. The first-order chi connectivity index (χ1) is 14.3. The number of aromatic nitrogens is 1. The van der Waals surface area contributed by atoms with Crippen LogP contribution >= 0.6 is 0 Å². The number of carbonyl (C=O) groups excluding carboxylic acids is 1. The number of hydrogen-bond acceptors (Lipinski definition) is 4. The van der Waals surface area contributed by atoms with Crippen molar-refractivity contribution in [3.63, 3.8) is 0 Å². The molecular formula is C24H27N3O2. The summed E-state index contributed by atoms with van der Waals surface area (Å²) in [7, 11) is 0. The topological polar surface area (TPSA) is 58.4 Å². The zero-order valence-corrected chi connectivity index (χ0v) is 16.7. The molecule has 0 radical (unpaired) electrons. The summed E-state index contributed by atoms with van der Waals surface area (Å²) in [6, 6.07) is 12.0. The number of rotatable bonds is 5. The van der Waals surface area contributed by atoms with Crippen molar-refractivity contribution in [2.75, 3.05) is 19.6 Å². The van der Waals surface area contributed by atoms with Gasteiger partial charge in [0.15, 0.2) is 0 Å². The van der Waals surface area contributed by atoms with Crippen LogP contribution in [-0.4, -0.2) is 35.4 Å². The van der Waals surface area contributed by atoms with Gasteiger partial charge in [0.25, 0.3) is 5.91 Å². The first kappa shape index (κ1) is 18.4. The van der Waals surface area contributed by atoms with Crippen LogP contribution in [0.15, 0.2) is 47.1 Å². The normalized spacial score (nSPS) is 17.9. The molecule has 29 heavy (non-hydrogen) atoms. The van der Waals surface area contributed by atoms with Crippen molar-refractivity contribution >= 4 is 16.8 Å². The fraction of sp³-hybridized carbons (Fsp3) is 0.417. The average molecular weight is 389 g/mol. The van der Waals surface area contributed by atoms with Crippen LogP contribution in [0.25, 0.3) is 10.9 Å². The van der Waals surface area contributed by atoms with Crippen LogP contribution < -0.4 is 5.32 Å². The Hall–Kier alpha value is -2.66. The van der Waals surface area contributed by atoms with Crippen LogP contribution in [0.2, 0.25) is 0 Å². The van der Waals surface area contributed by atoms with E-state index in [2.05, 4.69) is 10.2 Å². The van der Waals surface area contributed by atoms with Crippen LogP contribution in [0, 0.1) is 0 Å². The number of aryl methyl sites for hydroxylation is 1. The molecule has 1 aromatic carbocycles.